The number of aromatic nitrogens is 1. The molecule has 8 heteroatoms. The van der Waals surface area contributed by atoms with Gasteiger partial charge in [0.05, 0.1) is 10.6 Å². The van der Waals surface area contributed by atoms with Crippen LogP contribution in [0.5, 0.6) is 0 Å². The van der Waals surface area contributed by atoms with E-state index in [1.165, 1.54) is 22.6 Å². The van der Waals surface area contributed by atoms with Crippen LogP contribution in [0.3, 0.4) is 0 Å². The Balaban J connectivity index is 1.63. The summed E-state index contributed by atoms with van der Waals surface area (Å²) in [4.78, 5) is 28.8. The number of H-pyrrole nitrogens is 1. The van der Waals surface area contributed by atoms with Gasteiger partial charge in [-0.05, 0) is 61.7 Å². The van der Waals surface area contributed by atoms with Gasteiger partial charge in [-0.2, -0.15) is 0 Å². The number of pyridine rings is 1. The first-order valence-electron chi connectivity index (χ1n) is 11.4. The lowest BCUT2D eigenvalue weighted by Gasteiger charge is -2.23. The second-order valence-corrected chi connectivity index (χ2v) is 10.1. The van der Waals surface area contributed by atoms with E-state index in [2.05, 4.69) is 10.3 Å². The van der Waals surface area contributed by atoms with Crippen LogP contribution in [0.2, 0.25) is 0 Å². The lowest BCUT2D eigenvalue weighted by Crippen LogP contribution is -2.31. The van der Waals surface area contributed by atoms with Gasteiger partial charge in [-0.1, -0.05) is 42.5 Å². The third-order valence-corrected chi connectivity index (χ3v) is 7.70. The Morgan fingerprint density at radius 2 is 1.77 bits per heavy atom. The first-order valence-corrected chi connectivity index (χ1v) is 12.8. The van der Waals surface area contributed by atoms with E-state index in [1.807, 2.05) is 43.3 Å². The van der Waals surface area contributed by atoms with Crippen molar-refractivity contribution in [3.05, 3.63) is 106 Å². The number of hydrogen-bond donors (Lipinski definition) is 2. The quantitative estimate of drug-likeness (QED) is 0.390. The molecule has 0 radical (unpaired) electrons. The van der Waals surface area contributed by atoms with Gasteiger partial charge >= 0.3 is 0 Å². The van der Waals surface area contributed by atoms with Gasteiger partial charge in [0.2, 0.25) is 5.43 Å². The van der Waals surface area contributed by atoms with Crippen LogP contribution in [0.15, 0.2) is 88.7 Å². The summed E-state index contributed by atoms with van der Waals surface area (Å²) in [7, 11) is -3.93. The van der Waals surface area contributed by atoms with Crippen molar-refractivity contribution in [3.63, 3.8) is 0 Å². The number of carbonyl (C=O) groups excluding carboxylic acids is 1. The topological polar surface area (TPSA) is 99.3 Å². The van der Waals surface area contributed by atoms with Crippen molar-refractivity contribution in [2.45, 2.75) is 25.2 Å². The molecule has 0 saturated carbocycles. The summed E-state index contributed by atoms with van der Waals surface area (Å²) in [6.07, 6.45) is 1.99. The molecule has 0 bridgehead atoms. The minimum Gasteiger partial charge on any atom is -0.360 e. The number of aromatic amines is 1. The van der Waals surface area contributed by atoms with Crippen LogP contribution in [-0.2, 0) is 16.4 Å². The molecule has 0 aliphatic rings. The molecular formula is C27H27N3O4S. The highest BCUT2D eigenvalue weighted by Crippen LogP contribution is 2.25. The van der Waals surface area contributed by atoms with Crippen molar-refractivity contribution < 1.29 is 13.2 Å². The van der Waals surface area contributed by atoms with Gasteiger partial charge in [-0.3, -0.25) is 13.9 Å². The zero-order valence-electron chi connectivity index (χ0n) is 19.6. The lowest BCUT2D eigenvalue weighted by atomic mass is 10.1. The van der Waals surface area contributed by atoms with Crippen molar-refractivity contribution >= 4 is 32.5 Å². The van der Waals surface area contributed by atoms with E-state index in [-0.39, 0.29) is 22.4 Å². The van der Waals surface area contributed by atoms with Crippen molar-refractivity contribution in [1.29, 1.82) is 0 Å². The number of nitrogens with one attached hydrogen (secondary N) is 2. The van der Waals surface area contributed by atoms with E-state index in [1.54, 1.807) is 31.2 Å². The summed E-state index contributed by atoms with van der Waals surface area (Å²) in [5, 5.41) is 2.91. The van der Waals surface area contributed by atoms with Crippen LogP contribution in [0.25, 0.3) is 10.9 Å². The Hall–Kier alpha value is -3.91. The summed E-state index contributed by atoms with van der Waals surface area (Å²) in [6, 6.07) is 21.3. The van der Waals surface area contributed by atoms with E-state index in [4.69, 9.17) is 0 Å². The van der Waals surface area contributed by atoms with E-state index in [0.717, 1.165) is 11.1 Å². The molecular weight excluding hydrogens is 462 g/mol. The number of sulfonamides is 1. The number of fused-ring (bicyclic) bond motifs is 1. The lowest BCUT2D eigenvalue weighted by molar-refractivity contribution is 0.0953. The molecule has 35 heavy (non-hydrogen) atoms. The molecule has 0 fully saturated rings. The largest absolute Gasteiger partial charge is 0.360 e. The summed E-state index contributed by atoms with van der Waals surface area (Å²) < 4.78 is 28.2. The Bertz CT molecular complexity index is 1530. The smallest absolute Gasteiger partial charge is 0.264 e. The third kappa shape index (κ3) is 5.12. The maximum atomic E-state index is 13.5. The van der Waals surface area contributed by atoms with Gasteiger partial charge in [-0.15, -0.1) is 0 Å². The summed E-state index contributed by atoms with van der Waals surface area (Å²) in [5.41, 5.74) is 2.43. The number of aryl methyl sites for hydroxylation is 1. The zero-order valence-corrected chi connectivity index (χ0v) is 20.4. The first kappa shape index (κ1) is 24.2. The van der Waals surface area contributed by atoms with Crippen molar-refractivity contribution in [2.75, 3.05) is 17.4 Å². The van der Waals surface area contributed by atoms with Crippen LogP contribution in [-0.4, -0.2) is 32.4 Å². The fraction of sp³-hybridized carbons (Fsp3) is 0.185. The summed E-state index contributed by atoms with van der Waals surface area (Å²) in [5.74, 6) is -0.507. The molecule has 4 aromatic rings. The van der Waals surface area contributed by atoms with Gasteiger partial charge < -0.3 is 10.3 Å². The average Bonchev–Trinajstić information content (AvgIpc) is 2.85. The predicted octanol–water partition coefficient (Wildman–Crippen LogP) is 4.02. The van der Waals surface area contributed by atoms with Gasteiger partial charge in [-0.25, -0.2) is 8.42 Å². The molecule has 1 aromatic heterocycles. The number of nitrogens with zero attached hydrogens (tertiary/aromatic N) is 1. The summed E-state index contributed by atoms with van der Waals surface area (Å²) in [6.45, 7) is 4.25. The number of anilines is 1. The van der Waals surface area contributed by atoms with Gasteiger partial charge in [0.25, 0.3) is 15.9 Å². The molecule has 4 rings (SSSR count). The van der Waals surface area contributed by atoms with Crippen molar-refractivity contribution in [1.82, 2.24) is 10.3 Å². The molecule has 2 N–H and O–H groups in total. The number of benzene rings is 3. The molecule has 0 saturated heterocycles. The molecule has 0 atom stereocenters. The van der Waals surface area contributed by atoms with Gasteiger partial charge in [0.1, 0.15) is 5.56 Å². The van der Waals surface area contributed by atoms with Gasteiger partial charge in [0, 0.05) is 30.2 Å². The standard InChI is InChI=1S/C27H27N3O4S/c1-3-30(21-11-7-8-19(2)16-21)35(33,34)22-12-13-25-23(17-22)26(31)24(18-29-25)27(32)28-15-14-20-9-5-4-6-10-20/h4-13,16-18H,3,14-15H2,1-2H3,(H,28,32)(H,29,31). The molecule has 0 aliphatic carbocycles. The fourth-order valence-corrected chi connectivity index (χ4v) is 5.48. The molecule has 1 heterocycles. The number of carbonyl (C=O) groups is 1. The van der Waals surface area contributed by atoms with Crippen LogP contribution < -0.4 is 15.1 Å². The highest BCUT2D eigenvalue weighted by Gasteiger charge is 2.25. The van der Waals surface area contributed by atoms with Crippen LogP contribution >= 0.6 is 0 Å². The SMILES string of the molecule is CCN(c1cccc(C)c1)S(=O)(=O)c1ccc2[nH]cc(C(=O)NCCc3ccccc3)c(=O)c2c1. The second-order valence-electron chi connectivity index (χ2n) is 8.24. The van der Waals surface area contributed by atoms with Crippen LogP contribution in [0, 0.1) is 6.92 Å². The Labute approximate surface area is 204 Å². The van der Waals surface area contributed by atoms with E-state index < -0.39 is 21.4 Å². The minimum atomic E-state index is -3.93. The maximum Gasteiger partial charge on any atom is 0.264 e. The molecule has 7 nitrogen and oxygen atoms in total. The first-order chi connectivity index (χ1) is 16.8. The molecule has 0 spiro atoms. The summed E-state index contributed by atoms with van der Waals surface area (Å²) >= 11 is 0. The predicted molar refractivity (Wildman–Crippen MR) is 138 cm³/mol. The van der Waals surface area contributed by atoms with E-state index in [9.17, 15) is 18.0 Å². The van der Waals surface area contributed by atoms with E-state index in [0.29, 0.717) is 24.2 Å². The third-order valence-electron chi connectivity index (χ3n) is 5.80. The number of rotatable bonds is 8. The van der Waals surface area contributed by atoms with Crippen LogP contribution in [0.4, 0.5) is 5.69 Å². The van der Waals surface area contributed by atoms with Gasteiger partial charge in [0.15, 0.2) is 0 Å². The minimum absolute atomic E-state index is 0.0134. The number of hydrogen-bond acceptors (Lipinski definition) is 4. The molecule has 3 aromatic carbocycles. The van der Waals surface area contributed by atoms with Crippen molar-refractivity contribution in [3.8, 4) is 0 Å². The molecule has 0 unspecified atom stereocenters. The molecule has 0 aliphatic heterocycles. The monoisotopic (exact) mass is 489 g/mol. The average molecular weight is 490 g/mol. The second kappa shape index (κ2) is 10.1. The highest BCUT2D eigenvalue weighted by atomic mass is 32.2. The molecule has 1 amide bonds. The number of amides is 1. The maximum absolute atomic E-state index is 13.5. The van der Waals surface area contributed by atoms with Crippen LogP contribution in [0.1, 0.15) is 28.4 Å². The van der Waals surface area contributed by atoms with E-state index >= 15 is 0 Å². The Morgan fingerprint density at radius 3 is 2.49 bits per heavy atom. The molecule has 180 valence electrons. The van der Waals surface area contributed by atoms with Crippen molar-refractivity contribution in [2.24, 2.45) is 0 Å². The Kier molecular flexibility index (Phi) is 7.02. The Morgan fingerprint density at radius 1 is 1.00 bits per heavy atom. The zero-order chi connectivity index (χ0) is 25.0. The fourth-order valence-electron chi connectivity index (χ4n) is 3.99. The normalized spacial score (nSPS) is 11.4. The highest BCUT2D eigenvalue weighted by molar-refractivity contribution is 7.92.